The van der Waals surface area contributed by atoms with Gasteiger partial charge in [0.25, 0.3) is 0 Å². The van der Waals surface area contributed by atoms with Crippen molar-refractivity contribution >= 4 is 28.3 Å². The van der Waals surface area contributed by atoms with Crippen molar-refractivity contribution in [1.82, 2.24) is 9.97 Å². The van der Waals surface area contributed by atoms with Crippen molar-refractivity contribution in [2.45, 2.75) is 13.0 Å². The zero-order chi connectivity index (χ0) is 26.3. The maximum Gasteiger partial charge on any atom is 0.226 e. The molecule has 0 spiro atoms. The molecule has 7 heteroatoms. The molecule has 190 valence electrons. The lowest BCUT2D eigenvalue weighted by Crippen LogP contribution is -2.28. The third-order valence-corrected chi connectivity index (χ3v) is 6.18. The number of benzene rings is 4. The minimum atomic E-state index is -0.316. The van der Waals surface area contributed by atoms with E-state index < -0.39 is 0 Å². The van der Waals surface area contributed by atoms with Crippen LogP contribution in [0.15, 0.2) is 103 Å². The van der Waals surface area contributed by atoms with Crippen molar-refractivity contribution in [3.63, 3.8) is 0 Å². The fraction of sp³-hybridized carbons (Fsp3) is 0.129. The summed E-state index contributed by atoms with van der Waals surface area (Å²) in [5.74, 6) is 1.52. The van der Waals surface area contributed by atoms with Gasteiger partial charge < -0.3 is 15.0 Å². The second kappa shape index (κ2) is 11.5. The molecule has 38 heavy (non-hydrogen) atoms. The first-order valence-corrected chi connectivity index (χ1v) is 12.3. The van der Waals surface area contributed by atoms with Gasteiger partial charge in [0.15, 0.2) is 5.82 Å². The van der Waals surface area contributed by atoms with Crippen LogP contribution in [0.1, 0.15) is 12.0 Å². The van der Waals surface area contributed by atoms with Gasteiger partial charge in [0, 0.05) is 36.1 Å². The summed E-state index contributed by atoms with van der Waals surface area (Å²) in [6.07, 6.45) is 0.253. The van der Waals surface area contributed by atoms with Crippen molar-refractivity contribution in [2.24, 2.45) is 0 Å². The van der Waals surface area contributed by atoms with E-state index in [1.54, 1.807) is 31.4 Å². The maximum absolute atomic E-state index is 13.6. The van der Waals surface area contributed by atoms with Crippen molar-refractivity contribution in [2.75, 3.05) is 23.9 Å². The van der Waals surface area contributed by atoms with E-state index in [0.717, 1.165) is 33.6 Å². The van der Waals surface area contributed by atoms with E-state index >= 15 is 0 Å². The molecule has 5 aromatic rings. The number of amides is 1. The predicted molar refractivity (Wildman–Crippen MR) is 149 cm³/mol. The minimum Gasteiger partial charge on any atom is -0.497 e. The molecule has 0 radical (unpaired) electrons. The molecule has 0 saturated carbocycles. The van der Waals surface area contributed by atoms with Crippen LogP contribution < -0.4 is 15.0 Å². The molecular weight excluding hydrogens is 479 g/mol. The number of nitrogens with one attached hydrogen (secondary N) is 1. The first-order valence-electron chi connectivity index (χ1n) is 12.3. The number of carbonyl (C=O) groups excluding carboxylic acids is 1. The summed E-state index contributed by atoms with van der Waals surface area (Å²) >= 11 is 0. The normalized spacial score (nSPS) is 10.8. The van der Waals surface area contributed by atoms with Crippen molar-refractivity contribution in [1.29, 1.82) is 0 Å². The van der Waals surface area contributed by atoms with Crippen LogP contribution in [0.4, 0.5) is 15.9 Å². The van der Waals surface area contributed by atoms with E-state index in [1.165, 1.54) is 12.1 Å². The predicted octanol–water partition coefficient (Wildman–Crippen LogP) is 6.48. The highest BCUT2D eigenvalue weighted by molar-refractivity contribution is 5.93. The zero-order valence-corrected chi connectivity index (χ0v) is 21.0. The van der Waals surface area contributed by atoms with Crippen LogP contribution in [0.2, 0.25) is 0 Å². The zero-order valence-electron chi connectivity index (χ0n) is 21.0. The Morgan fingerprint density at radius 1 is 0.868 bits per heavy atom. The summed E-state index contributed by atoms with van der Waals surface area (Å²) in [5.41, 5.74) is 3.29. The molecule has 1 amide bonds. The van der Waals surface area contributed by atoms with Crippen LogP contribution in [-0.2, 0) is 11.3 Å². The molecule has 5 rings (SSSR count). The summed E-state index contributed by atoms with van der Waals surface area (Å²) in [5, 5.41) is 3.83. The molecule has 1 N–H and O–H groups in total. The molecule has 4 aromatic carbocycles. The summed E-state index contributed by atoms with van der Waals surface area (Å²) in [6, 6.07) is 31.2. The number of ether oxygens (including phenoxy) is 1. The lowest BCUT2D eigenvalue weighted by atomic mass is 10.1. The molecule has 0 atom stereocenters. The van der Waals surface area contributed by atoms with Gasteiger partial charge in [-0.2, -0.15) is 0 Å². The number of para-hydroxylation sites is 1. The number of carbonyl (C=O) groups is 1. The number of hydrogen-bond donors (Lipinski definition) is 1. The van der Waals surface area contributed by atoms with Gasteiger partial charge in [0.1, 0.15) is 17.4 Å². The largest absolute Gasteiger partial charge is 0.497 e. The van der Waals surface area contributed by atoms with Gasteiger partial charge >= 0.3 is 0 Å². The second-order valence-corrected chi connectivity index (χ2v) is 8.83. The number of rotatable bonds is 9. The number of aromatic nitrogens is 2. The van der Waals surface area contributed by atoms with Crippen LogP contribution in [0.5, 0.6) is 5.75 Å². The van der Waals surface area contributed by atoms with Crippen LogP contribution >= 0.6 is 0 Å². The molecule has 0 unspecified atom stereocenters. The second-order valence-electron chi connectivity index (χ2n) is 8.83. The average Bonchev–Trinajstić information content (AvgIpc) is 2.96. The SMILES string of the molecule is COc1ccc(NC(=O)CCN(Cc2ccccc2)c2nc(-c3ccc(F)cc3)nc3ccccc23)cc1. The fourth-order valence-corrected chi connectivity index (χ4v) is 4.23. The third kappa shape index (κ3) is 5.95. The number of anilines is 2. The summed E-state index contributed by atoms with van der Waals surface area (Å²) in [7, 11) is 1.60. The Bertz CT molecular complexity index is 1520. The Morgan fingerprint density at radius 2 is 1.58 bits per heavy atom. The molecule has 1 heterocycles. The van der Waals surface area contributed by atoms with Gasteiger partial charge in [-0.15, -0.1) is 0 Å². The summed E-state index contributed by atoms with van der Waals surface area (Å²) < 4.78 is 18.8. The van der Waals surface area contributed by atoms with E-state index in [0.29, 0.717) is 24.6 Å². The molecule has 0 bridgehead atoms. The Hall–Kier alpha value is -4.78. The number of methoxy groups -OCH3 is 1. The Kier molecular flexibility index (Phi) is 7.54. The Balaban J connectivity index is 1.47. The van der Waals surface area contributed by atoms with Crippen molar-refractivity contribution in [3.05, 3.63) is 115 Å². The van der Waals surface area contributed by atoms with E-state index in [-0.39, 0.29) is 18.1 Å². The summed E-state index contributed by atoms with van der Waals surface area (Å²) in [4.78, 5) is 24.7. The van der Waals surface area contributed by atoms with Crippen LogP contribution in [0, 0.1) is 5.82 Å². The van der Waals surface area contributed by atoms with Gasteiger partial charge in [-0.25, -0.2) is 14.4 Å². The minimum absolute atomic E-state index is 0.106. The average molecular weight is 507 g/mol. The molecule has 0 aliphatic rings. The number of halogens is 1. The van der Waals surface area contributed by atoms with E-state index in [2.05, 4.69) is 22.3 Å². The highest BCUT2D eigenvalue weighted by Crippen LogP contribution is 2.29. The molecule has 0 fully saturated rings. The highest BCUT2D eigenvalue weighted by Gasteiger charge is 2.18. The standard InChI is InChI=1S/C31H27FN4O2/c1-38-26-17-15-25(16-18-26)33-29(37)19-20-36(21-22-7-3-2-4-8-22)31-27-9-5-6-10-28(27)34-30(35-31)23-11-13-24(32)14-12-23/h2-18H,19-21H2,1H3,(H,33,37). The van der Waals surface area contributed by atoms with E-state index in [1.807, 2.05) is 54.6 Å². The van der Waals surface area contributed by atoms with Crippen LogP contribution in [0.25, 0.3) is 22.3 Å². The Morgan fingerprint density at radius 3 is 2.32 bits per heavy atom. The van der Waals surface area contributed by atoms with Gasteiger partial charge in [0.05, 0.1) is 12.6 Å². The molecule has 6 nitrogen and oxygen atoms in total. The van der Waals surface area contributed by atoms with E-state index in [4.69, 9.17) is 14.7 Å². The molecule has 1 aromatic heterocycles. The third-order valence-electron chi connectivity index (χ3n) is 6.18. The molecule has 0 saturated heterocycles. The monoisotopic (exact) mass is 506 g/mol. The lowest BCUT2D eigenvalue weighted by Gasteiger charge is -2.25. The number of fused-ring (bicyclic) bond motifs is 1. The van der Waals surface area contributed by atoms with Crippen LogP contribution in [0.3, 0.4) is 0 Å². The first-order chi connectivity index (χ1) is 18.6. The van der Waals surface area contributed by atoms with Gasteiger partial charge in [0.2, 0.25) is 5.91 Å². The van der Waals surface area contributed by atoms with Crippen LogP contribution in [-0.4, -0.2) is 29.5 Å². The molecule has 0 aliphatic heterocycles. The number of hydrogen-bond acceptors (Lipinski definition) is 5. The fourth-order valence-electron chi connectivity index (χ4n) is 4.23. The lowest BCUT2D eigenvalue weighted by molar-refractivity contribution is -0.116. The Labute approximate surface area is 220 Å². The smallest absolute Gasteiger partial charge is 0.226 e. The quantitative estimate of drug-likeness (QED) is 0.248. The molecule has 0 aliphatic carbocycles. The van der Waals surface area contributed by atoms with Gasteiger partial charge in [-0.3, -0.25) is 4.79 Å². The van der Waals surface area contributed by atoms with Gasteiger partial charge in [-0.05, 0) is 66.2 Å². The van der Waals surface area contributed by atoms with Gasteiger partial charge in [-0.1, -0.05) is 42.5 Å². The molecular formula is C31H27FN4O2. The highest BCUT2D eigenvalue weighted by atomic mass is 19.1. The van der Waals surface area contributed by atoms with E-state index in [9.17, 15) is 9.18 Å². The first kappa shape index (κ1) is 24.9. The topological polar surface area (TPSA) is 67.3 Å². The van der Waals surface area contributed by atoms with Crippen molar-refractivity contribution in [3.8, 4) is 17.1 Å². The number of nitrogens with zero attached hydrogens (tertiary/aromatic N) is 3. The maximum atomic E-state index is 13.6. The van der Waals surface area contributed by atoms with Crippen molar-refractivity contribution < 1.29 is 13.9 Å². The summed E-state index contributed by atoms with van der Waals surface area (Å²) in [6.45, 7) is 0.987.